The number of methoxy groups -OCH3 is 2. The fourth-order valence-corrected chi connectivity index (χ4v) is 3.02. The first-order chi connectivity index (χ1) is 10.3. The van der Waals surface area contributed by atoms with Gasteiger partial charge in [0.15, 0.2) is 5.82 Å². The molecule has 1 aromatic heterocycles. The number of hydrogen-bond donors (Lipinski definition) is 1. The van der Waals surface area contributed by atoms with Gasteiger partial charge in [-0.1, -0.05) is 25.3 Å². The van der Waals surface area contributed by atoms with E-state index >= 15 is 0 Å². The molecule has 1 N–H and O–H groups in total. The topological polar surface area (TPSA) is 60.0 Å². The molecule has 0 radical (unpaired) electrons. The Kier molecular flexibility index (Phi) is 4.08. The molecule has 1 heterocycles. The average Bonchev–Trinajstić information content (AvgIpc) is 3.04. The number of rotatable bonds is 4. The van der Waals surface area contributed by atoms with Crippen molar-refractivity contribution in [3.8, 4) is 22.9 Å². The van der Waals surface area contributed by atoms with E-state index in [0.717, 1.165) is 22.9 Å². The molecule has 0 bridgehead atoms. The molecule has 1 aromatic carbocycles. The number of aromatic amines is 1. The number of benzene rings is 1. The molecule has 5 nitrogen and oxygen atoms in total. The van der Waals surface area contributed by atoms with Crippen LogP contribution in [-0.2, 0) is 0 Å². The van der Waals surface area contributed by atoms with Gasteiger partial charge in [-0.2, -0.15) is 5.10 Å². The van der Waals surface area contributed by atoms with E-state index in [9.17, 15) is 0 Å². The van der Waals surface area contributed by atoms with Gasteiger partial charge in [-0.15, -0.1) is 0 Å². The smallest absolute Gasteiger partial charge is 0.188 e. The van der Waals surface area contributed by atoms with Gasteiger partial charge in [0.1, 0.15) is 22.9 Å². The van der Waals surface area contributed by atoms with Gasteiger partial charge in [0.05, 0.1) is 14.2 Å². The number of nitrogens with zero attached hydrogens (tertiary/aromatic N) is 2. The summed E-state index contributed by atoms with van der Waals surface area (Å²) in [7, 11) is 3.29. The molecule has 0 unspecified atom stereocenters. The second kappa shape index (κ2) is 6.16. The highest BCUT2D eigenvalue weighted by Crippen LogP contribution is 2.37. The fourth-order valence-electron chi connectivity index (χ4n) is 3.02. The Bertz CT molecular complexity index is 581. The van der Waals surface area contributed by atoms with Gasteiger partial charge in [0.2, 0.25) is 0 Å². The quantitative estimate of drug-likeness (QED) is 0.934. The second-order valence-corrected chi connectivity index (χ2v) is 5.42. The Balaban J connectivity index is 1.95. The lowest BCUT2D eigenvalue weighted by Crippen LogP contribution is -2.06. The summed E-state index contributed by atoms with van der Waals surface area (Å²) in [5.41, 5.74) is 0.806. The Labute approximate surface area is 124 Å². The molecular weight excluding hydrogens is 266 g/mol. The lowest BCUT2D eigenvalue weighted by molar-refractivity contribution is 0.397. The number of hydrogen-bond acceptors (Lipinski definition) is 4. The van der Waals surface area contributed by atoms with E-state index in [-0.39, 0.29) is 0 Å². The van der Waals surface area contributed by atoms with Crippen LogP contribution in [-0.4, -0.2) is 29.4 Å². The minimum absolute atomic E-state index is 0.501. The molecule has 1 saturated carbocycles. The fraction of sp³-hybridized carbons (Fsp3) is 0.500. The van der Waals surface area contributed by atoms with Crippen molar-refractivity contribution in [2.75, 3.05) is 14.2 Å². The Morgan fingerprint density at radius 1 is 1.05 bits per heavy atom. The summed E-state index contributed by atoms with van der Waals surface area (Å²) in [6.07, 6.45) is 6.27. The summed E-state index contributed by atoms with van der Waals surface area (Å²) in [5.74, 6) is 3.58. The number of aromatic nitrogens is 3. The highest BCUT2D eigenvalue weighted by Gasteiger charge is 2.22. The number of ether oxygens (including phenoxy) is 2. The molecule has 0 saturated heterocycles. The maximum Gasteiger partial charge on any atom is 0.188 e. The first kappa shape index (κ1) is 13.9. The van der Waals surface area contributed by atoms with Crippen molar-refractivity contribution in [1.82, 2.24) is 15.2 Å². The van der Waals surface area contributed by atoms with E-state index in [2.05, 4.69) is 10.2 Å². The lowest BCUT2D eigenvalue weighted by Gasteiger charge is -2.18. The van der Waals surface area contributed by atoms with Gasteiger partial charge in [0, 0.05) is 5.92 Å². The zero-order valence-corrected chi connectivity index (χ0v) is 12.6. The molecule has 112 valence electrons. The van der Waals surface area contributed by atoms with Crippen LogP contribution in [0.2, 0.25) is 0 Å². The van der Waals surface area contributed by atoms with Crippen molar-refractivity contribution in [2.24, 2.45) is 0 Å². The van der Waals surface area contributed by atoms with Gasteiger partial charge in [-0.05, 0) is 25.0 Å². The molecule has 0 atom stereocenters. The van der Waals surface area contributed by atoms with Gasteiger partial charge in [0.25, 0.3) is 0 Å². The van der Waals surface area contributed by atoms with E-state index in [1.807, 2.05) is 18.2 Å². The van der Waals surface area contributed by atoms with E-state index < -0.39 is 0 Å². The Morgan fingerprint density at radius 2 is 1.71 bits per heavy atom. The summed E-state index contributed by atoms with van der Waals surface area (Å²) >= 11 is 0. The molecule has 1 fully saturated rings. The molecule has 5 heteroatoms. The van der Waals surface area contributed by atoms with Crippen LogP contribution in [0.1, 0.15) is 43.8 Å². The molecule has 0 amide bonds. The van der Waals surface area contributed by atoms with Crippen LogP contribution < -0.4 is 9.47 Å². The van der Waals surface area contributed by atoms with Gasteiger partial charge in [-0.3, -0.25) is 5.10 Å². The van der Waals surface area contributed by atoms with Crippen LogP contribution >= 0.6 is 0 Å². The second-order valence-electron chi connectivity index (χ2n) is 5.42. The highest BCUT2D eigenvalue weighted by atomic mass is 16.5. The Morgan fingerprint density at radius 3 is 2.33 bits per heavy atom. The number of nitrogens with one attached hydrogen (secondary N) is 1. The predicted molar refractivity (Wildman–Crippen MR) is 80.7 cm³/mol. The SMILES string of the molecule is COc1cccc(OC)c1-c1n[nH]c(C2CCCCC2)n1. The van der Waals surface area contributed by atoms with Crippen LogP contribution in [0.4, 0.5) is 0 Å². The lowest BCUT2D eigenvalue weighted by atomic mass is 9.89. The van der Waals surface area contributed by atoms with Gasteiger partial charge >= 0.3 is 0 Å². The molecule has 0 aliphatic heterocycles. The van der Waals surface area contributed by atoms with Crippen molar-refractivity contribution < 1.29 is 9.47 Å². The van der Waals surface area contributed by atoms with Crippen LogP contribution in [0.5, 0.6) is 11.5 Å². The van der Waals surface area contributed by atoms with E-state index in [0.29, 0.717) is 11.7 Å². The first-order valence-electron chi connectivity index (χ1n) is 7.47. The summed E-state index contributed by atoms with van der Waals surface area (Å²) in [4.78, 5) is 4.69. The van der Waals surface area contributed by atoms with Crippen LogP contribution in [0.15, 0.2) is 18.2 Å². The van der Waals surface area contributed by atoms with Gasteiger partial charge in [-0.25, -0.2) is 4.98 Å². The van der Waals surface area contributed by atoms with Gasteiger partial charge < -0.3 is 9.47 Å². The van der Waals surface area contributed by atoms with E-state index in [4.69, 9.17) is 14.5 Å². The normalized spacial score (nSPS) is 15.9. The molecule has 1 aliphatic carbocycles. The molecule has 0 spiro atoms. The third-order valence-corrected chi connectivity index (χ3v) is 4.15. The van der Waals surface area contributed by atoms with Crippen LogP contribution in [0, 0.1) is 0 Å². The molecule has 3 rings (SSSR count). The van der Waals surface area contributed by atoms with Crippen LogP contribution in [0.25, 0.3) is 11.4 Å². The monoisotopic (exact) mass is 287 g/mol. The Hall–Kier alpha value is -2.04. The van der Waals surface area contributed by atoms with Crippen molar-refractivity contribution in [2.45, 2.75) is 38.0 Å². The van der Waals surface area contributed by atoms with E-state index in [1.54, 1.807) is 14.2 Å². The summed E-state index contributed by atoms with van der Waals surface area (Å²) in [5, 5.41) is 7.49. The standard InChI is InChI=1S/C16H21N3O2/c1-20-12-9-6-10-13(21-2)14(12)16-17-15(18-19-16)11-7-4-3-5-8-11/h6,9-11H,3-5,7-8H2,1-2H3,(H,17,18,19). The highest BCUT2D eigenvalue weighted by molar-refractivity contribution is 5.71. The zero-order chi connectivity index (χ0) is 14.7. The van der Waals surface area contributed by atoms with E-state index in [1.165, 1.54) is 32.1 Å². The minimum Gasteiger partial charge on any atom is -0.496 e. The maximum atomic E-state index is 5.42. The van der Waals surface area contributed by atoms with Crippen molar-refractivity contribution in [1.29, 1.82) is 0 Å². The minimum atomic E-state index is 0.501. The third-order valence-electron chi connectivity index (χ3n) is 4.15. The van der Waals surface area contributed by atoms with Crippen molar-refractivity contribution in [3.63, 3.8) is 0 Å². The summed E-state index contributed by atoms with van der Waals surface area (Å²) in [6.45, 7) is 0. The maximum absolute atomic E-state index is 5.42. The summed E-state index contributed by atoms with van der Waals surface area (Å²) in [6, 6.07) is 5.69. The summed E-state index contributed by atoms with van der Waals surface area (Å²) < 4.78 is 10.8. The largest absolute Gasteiger partial charge is 0.496 e. The number of H-pyrrole nitrogens is 1. The third kappa shape index (κ3) is 2.73. The predicted octanol–water partition coefficient (Wildman–Crippen LogP) is 3.54. The van der Waals surface area contributed by atoms with Crippen molar-refractivity contribution >= 4 is 0 Å². The van der Waals surface area contributed by atoms with Crippen molar-refractivity contribution in [3.05, 3.63) is 24.0 Å². The molecule has 1 aliphatic rings. The molecule has 21 heavy (non-hydrogen) atoms. The average molecular weight is 287 g/mol. The molecule has 2 aromatic rings. The molecular formula is C16H21N3O2. The van der Waals surface area contributed by atoms with Crippen LogP contribution in [0.3, 0.4) is 0 Å². The first-order valence-corrected chi connectivity index (χ1v) is 7.47. The zero-order valence-electron chi connectivity index (χ0n) is 12.6.